The van der Waals surface area contributed by atoms with E-state index in [1.807, 2.05) is 23.9 Å². The van der Waals surface area contributed by atoms with Crippen LogP contribution in [0.15, 0.2) is 30.3 Å². The zero-order valence-corrected chi connectivity index (χ0v) is 10.6. The summed E-state index contributed by atoms with van der Waals surface area (Å²) in [6.07, 6.45) is 0. The highest BCUT2D eigenvalue weighted by Gasteiger charge is 2.04. The quantitative estimate of drug-likeness (QED) is 0.864. The van der Waals surface area contributed by atoms with E-state index in [0.29, 0.717) is 6.54 Å². The number of nitrogens with zero attached hydrogens (tertiary/aromatic N) is 2. The van der Waals surface area contributed by atoms with Crippen molar-refractivity contribution in [3.05, 3.63) is 39.6 Å². The summed E-state index contributed by atoms with van der Waals surface area (Å²) in [5.74, 6) is 0. The lowest BCUT2D eigenvalue weighted by Gasteiger charge is -1.99. The van der Waals surface area contributed by atoms with Gasteiger partial charge in [0.05, 0.1) is 9.39 Å². The maximum Gasteiger partial charge on any atom is 0.0992 e. The van der Waals surface area contributed by atoms with Crippen molar-refractivity contribution in [2.45, 2.75) is 6.54 Å². The molecule has 1 aromatic carbocycles. The maximum atomic E-state index is 5.60. The van der Waals surface area contributed by atoms with Crippen molar-refractivity contribution in [1.82, 2.24) is 9.78 Å². The van der Waals surface area contributed by atoms with Crippen LogP contribution in [-0.4, -0.2) is 9.78 Å². The van der Waals surface area contributed by atoms with Crippen LogP contribution in [0.5, 0.6) is 0 Å². The van der Waals surface area contributed by atoms with E-state index in [2.05, 4.69) is 45.9 Å². The van der Waals surface area contributed by atoms with Crippen molar-refractivity contribution in [1.29, 1.82) is 0 Å². The van der Waals surface area contributed by atoms with Gasteiger partial charge in [0.25, 0.3) is 0 Å². The highest BCUT2D eigenvalue weighted by Crippen LogP contribution is 2.20. The number of aromatic nitrogens is 2. The number of hydrogen-bond acceptors (Lipinski definition) is 2. The Morgan fingerprint density at radius 3 is 2.80 bits per heavy atom. The number of aryl methyl sites for hydroxylation is 1. The molecule has 15 heavy (non-hydrogen) atoms. The van der Waals surface area contributed by atoms with Crippen LogP contribution >= 0.6 is 22.6 Å². The third-order valence-corrected chi connectivity index (χ3v) is 3.29. The van der Waals surface area contributed by atoms with E-state index in [-0.39, 0.29) is 0 Å². The average molecular weight is 313 g/mol. The minimum Gasteiger partial charge on any atom is -0.326 e. The molecule has 0 saturated heterocycles. The second-order valence-corrected chi connectivity index (χ2v) is 4.49. The first-order chi connectivity index (χ1) is 7.20. The van der Waals surface area contributed by atoms with Gasteiger partial charge in [-0.05, 0) is 40.3 Å². The predicted octanol–water partition coefficient (Wildman–Crippen LogP) is 2.15. The zero-order chi connectivity index (χ0) is 10.8. The van der Waals surface area contributed by atoms with Crippen LogP contribution in [-0.2, 0) is 13.6 Å². The van der Waals surface area contributed by atoms with Gasteiger partial charge in [-0.15, -0.1) is 0 Å². The third-order valence-electron chi connectivity index (χ3n) is 2.28. The molecule has 0 unspecified atom stereocenters. The van der Waals surface area contributed by atoms with Gasteiger partial charge in [0.2, 0.25) is 0 Å². The van der Waals surface area contributed by atoms with Crippen LogP contribution in [0.2, 0.25) is 0 Å². The lowest BCUT2D eigenvalue weighted by molar-refractivity contribution is 0.750. The first-order valence-electron chi connectivity index (χ1n) is 4.69. The van der Waals surface area contributed by atoms with Crippen molar-refractivity contribution >= 4 is 22.6 Å². The van der Waals surface area contributed by atoms with Crippen molar-refractivity contribution in [3.8, 4) is 11.3 Å². The minimum atomic E-state index is 0.567. The number of rotatable bonds is 2. The van der Waals surface area contributed by atoms with Crippen molar-refractivity contribution in [2.75, 3.05) is 0 Å². The Morgan fingerprint density at radius 2 is 2.20 bits per heavy atom. The predicted molar refractivity (Wildman–Crippen MR) is 69.3 cm³/mol. The zero-order valence-electron chi connectivity index (χ0n) is 8.44. The summed E-state index contributed by atoms with van der Waals surface area (Å²) in [6, 6.07) is 10.2. The summed E-state index contributed by atoms with van der Waals surface area (Å²) < 4.78 is 2.99. The van der Waals surface area contributed by atoms with Crippen LogP contribution < -0.4 is 5.73 Å². The van der Waals surface area contributed by atoms with Gasteiger partial charge in [0.15, 0.2) is 0 Å². The second kappa shape index (κ2) is 4.32. The molecule has 0 aliphatic heterocycles. The lowest BCUT2D eigenvalue weighted by atomic mass is 10.1. The number of benzene rings is 1. The van der Waals surface area contributed by atoms with Gasteiger partial charge in [-0.25, -0.2) is 0 Å². The summed E-state index contributed by atoms with van der Waals surface area (Å²) in [7, 11) is 1.94. The Labute approximate surface area is 102 Å². The molecule has 0 saturated carbocycles. The molecule has 0 amide bonds. The highest BCUT2D eigenvalue weighted by atomic mass is 127. The summed E-state index contributed by atoms with van der Waals surface area (Å²) in [5.41, 5.74) is 8.86. The first-order valence-corrected chi connectivity index (χ1v) is 5.77. The standard InChI is InChI=1S/C11H12IN3/c1-15-11(12)6-10(14-15)9-4-2-3-8(5-9)7-13/h2-6H,7,13H2,1H3. The molecule has 78 valence electrons. The molecule has 1 aromatic heterocycles. The molecule has 0 aliphatic rings. The fraction of sp³-hybridized carbons (Fsp3) is 0.182. The van der Waals surface area contributed by atoms with Gasteiger partial charge in [-0.3, -0.25) is 4.68 Å². The molecule has 0 fully saturated rings. The van der Waals surface area contributed by atoms with Crippen LogP contribution in [0.1, 0.15) is 5.56 Å². The Balaban J connectivity index is 2.44. The lowest BCUT2D eigenvalue weighted by Crippen LogP contribution is -1.96. The topological polar surface area (TPSA) is 43.8 Å². The first kappa shape index (κ1) is 10.6. The molecule has 0 aliphatic carbocycles. The van der Waals surface area contributed by atoms with Crippen LogP contribution in [0.25, 0.3) is 11.3 Å². The Morgan fingerprint density at radius 1 is 1.40 bits per heavy atom. The van der Waals surface area contributed by atoms with Gasteiger partial charge >= 0.3 is 0 Å². The Hall–Kier alpha value is -0.880. The van der Waals surface area contributed by atoms with Crippen molar-refractivity contribution < 1.29 is 0 Å². The van der Waals surface area contributed by atoms with Gasteiger partial charge in [-0.2, -0.15) is 5.10 Å². The molecular formula is C11H12IN3. The molecule has 0 radical (unpaired) electrons. The van der Waals surface area contributed by atoms with E-state index in [1.165, 1.54) is 0 Å². The van der Waals surface area contributed by atoms with E-state index in [1.54, 1.807) is 0 Å². The second-order valence-electron chi connectivity index (χ2n) is 3.38. The van der Waals surface area contributed by atoms with Gasteiger partial charge in [-0.1, -0.05) is 18.2 Å². The van der Waals surface area contributed by atoms with E-state index < -0.39 is 0 Å². The fourth-order valence-electron chi connectivity index (χ4n) is 1.44. The van der Waals surface area contributed by atoms with Gasteiger partial charge in [0, 0.05) is 19.2 Å². The molecule has 0 atom stereocenters. The third kappa shape index (κ3) is 2.21. The van der Waals surface area contributed by atoms with E-state index in [0.717, 1.165) is 20.5 Å². The van der Waals surface area contributed by atoms with Crippen LogP contribution in [0, 0.1) is 3.70 Å². The van der Waals surface area contributed by atoms with Gasteiger partial charge < -0.3 is 5.73 Å². The Kier molecular flexibility index (Phi) is 3.06. The largest absolute Gasteiger partial charge is 0.326 e. The molecular weight excluding hydrogens is 301 g/mol. The number of halogens is 1. The number of nitrogens with two attached hydrogens (primary N) is 1. The normalized spacial score (nSPS) is 10.6. The average Bonchev–Trinajstić information content (AvgIpc) is 2.59. The summed E-state index contributed by atoms with van der Waals surface area (Å²) in [6.45, 7) is 0.567. The minimum absolute atomic E-state index is 0.567. The molecule has 2 rings (SSSR count). The summed E-state index contributed by atoms with van der Waals surface area (Å²) >= 11 is 2.27. The number of hydrogen-bond donors (Lipinski definition) is 1. The monoisotopic (exact) mass is 313 g/mol. The van der Waals surface area contributed by atoms with Crippen LogP contribution in [0.3, 0.4) is 0 Å². The van der Waals surface area contributed by atoms with Crippen LogP contribution in [0.4, 0.5) is 0 Å². The smallest absolute Gasteiger partial charge is 0.0992 e. The molecule has 1 heterocycles. The fourth-order valence-corrected chi connectivity index (χ4v) is 1.85. The molecule has 2 aromatic rings. The van der Waals surface area contributed by atoms with E-state index in [4.69, 9.17) is 5.73 Å². The summed E-state index contributed by atoms with van der Waals surface area (Å²) in [5, 5.41) is 4.42. The molecule has 2 N–H and O–H groups in total. The van der Waals surface area contributed by atoms with Gasteiger partial charge in [0.1, 0.15) is 0 Å². The molecule has 4 heteroatoms. The highest BCUT2D eigenvalue weighted by molar-refractivity contribution is 14.1. The Bertz CT molecular complexity index is 457. The molecule has 0 bridgehead atoms. The SMILES string of the molecule is Cn1nc(-c2cccc(CN)c2)cc1I. The molecule has 0 spiro atoms. The molecule has 3 nitrogen and oxygen atoms in total. The van der Waals surface area contributed by atoms with Crippen molar-refractivity contribution in [2.24, 2.45) is 12.8 Å². The van der Waals surface area contributed by atoms with E-state index >= 15 is 0 Å². The van der Waals surface area contributed by atoms with E-state index in [9.17, 15) is 0 Å². The van der Waals surface area contributed by atoms with Crippen molar-refractivity contribution in [3.63, 3.8) is 0 Å². The maximum absolute atomic E-state index is 5.60. The summed E-state index contributed by atoms with van der Waals surface area (Å²) in [4.78, 5) is 0.